The standard InChI is InChI=1S/C12H22N2O2/c1-5-16-12(3,4)8-14-11(15)9(2)10-6-13-7-10/h13H,5-8H2,1-4H3,(H,14,15). The fraction of sp³-hybridized carbons (Fsp3) is 0.750. The van der Waals surface area contributed by atoms with Gasteiger partial charge in [0.2, 0.25) is 5.91 Å². The Kier molecular flexibility index (Phi) is 4.50. The number of amides is 1. The summed E-state index contributed by atoms with van der Waals surface area (Å²) in [5.41, 5.74) is 1.74. The molecule has 0 unspecified atom stereocenters. The number of nitrogens with one attached hydrogen (secondary N) is 2. The van der Waals surface area contributed by atoms with Crippen LogP contribution in [-0.4, -0.2) is 37.7 Å². The first kappa shape index (κ1) is 13.2. The Morgan fingerprint density at radius 3 is 2.56 bits per heavy atom. The summed E-state index contributed by atoms with van der Waals surface area (Å²) in [6.45, 7) is 10.7. The van der Waals surface area contributed by atoms with Crippen LogP contribution in [0.25, 0.3) is 0 Å². The van der Waals surface area contributed by atoms with Crippen LogP contribution in [0.5, 0.6) is 0 Å². The number of ether oxygens (including phenoxy) is 1. The first-order valence-electron chi connectivity index (χ1n) is 5.78. The van der Waals surface area contributed by atoms with Crippen molar-refractivity contribution in [2.24, 2.45) is 0 Å². The third-order valence-corrected chi connectivity index (χ3v) is 2.76. The molecule has 0 saturated carbocycles. The average Bonchev–Trinajstić information content (AvgIpc) is 2.11. The summed E-state index contributed by atoms with van der Waals surface area (Å²) < 4.78 is 5.52. The molecule has 2 N–H and O–H groups in total. The van der Waals surface area contributed by atoms with Crippen molar-refractivity contribution in [1.82, 2.24) is 10.6 Å². The molecule has 92 valence electrons. The lowest BCUT2D eigenvalue weighted by Gasteiger charge is -2.26. The van der Waals surface area contributed by atoms with E-state index < -0.39 is 0 Å². The molecule has 0 aromatic carbocycles. The summed E-state index contributed by atoms with van der Waals surface area (Å²) in [7, 11) is 0. The molecular weight excluding hydrogens is 204 g/mol. The molecule has 1 heterocycles. The van der Waals surface area contributed by atoms with E-state index in [0.717, 1.165) is 18.7 Å². The number of rotatable bonds is 5. The Morgan fingerprint density at radius 2 is 2.12 bits per heavy atom. The lowest BCUT2D eigenvalue weighted by Crippen LogP contribution is -2.42. The first-order chi connectivity index (χ1) is 7.46. The minimum Gasteiger partial charge on any atom is -0.374 e. The van der Waals surface area contributed by atoms with Crippen LogP contribution in [-0.2, 0) is 9.53 Å². The molecule has 0 aromatic heterocycles. The Morgan fingerprint density at radius 1 is 1.50 bits per heavy atom. The van der Waals surface area contributed by atoms with Crippen molar-refractivity contribution in [3.63, 3.8) is 0 Å². The first-order valence-corrected chi connectivity index (χ1v) is 5.78. The van der Waals surface area contributed by atoms with Gasteiger partial charge in [0, 0.05) is 31.8 Å². The zero-order valence-corrected chi connectivity index (χ0v) is 10.6. The van der Waals surface area contributed by atoms with Crippen LogP contribution in [0.1, 0.15) is 27.7 Å². The van der Waals surface area contributed by atoms with Gasteiger partial charge >= 0.3 is 0 Å². The molecule has 1 aliphatic rings. The number of hydrogen-bond donors (Lipinski definition) is 2. The van der Waals surface area contributed by atoms with Crippen LogP contribution in [0, 0.1) is 0 Å². The second-order valence-corrected chi connectivity index (χ2v) is 4.71. The van der Waals surface area contributed by atoms with Gasteiger partial charge < -0.3 is 15.4 Å². The summed E-state index contributed by atoms with van der Waals surface area (Å²) in [6.07, 6.45) is 0. The van der Waals surface area contributed by atoms with Crippen LogP contribution < -0.4 is 10.6 Å². The zero-order valence-electron chi connectivity index (χ0n) is 10.6. The van der Waals surface area contributed by atoms with E-state index in [1.807, 2.05) is 27.7 Å². The SMILES string of the molecule is CCOC(C)(C)CNC(=O)C(C)=C1CNC1. The van der Waals surface area contributed by atoms with Gasteiger partial charge in [-0.25, -0.2) is 0 Å². The van der Waals surface area contributed by atoms with E-state index in [0.29, 0.717) is 13.2 Å². The highest BCUT2D eigenvalue weighted by Gasteiger charge is 2.21. The Hall–Kier alpha value is -0.870. The summed E-state index contributed by atoms with van der Waals surface area (Å²) in [4.78, 5) is 11.8. The van der Waals surface area contributed by atoms with E-state index in [-0.39, 0.29) is 11.5 Å². The van der Waals surface area contributed by atoms with Crippen LogP contribution >= 0.6 is 0 Å². The normalized spacial score (nSPS) is 15.6. The fourth-order valence-corrected chi connectivity index (χ4v) is 1.54. The Balaban J connectivity index is 2.40. The number of carbonyl (C=O) groups excluding carboxylic acids is 1. The van der Waals surface area contributed by atoms with Crippen molar-refractivity contribution < 1.29 is 9.53 Å². The maximum absolute atomic E-state index is 11.8. The topological polar surface area (TPSA) is 50.4 Å². The minimum atomic E-state index is -0.298. The molecule has 0 spiro atoms. The molecule has 0 radical (unpaired) electrons. The maximum atomic E-state index is 11.8. The molecular formula is C12H22N2O2. The second-order valence-electron chi connectivity index (χ2n) is 4.71. The average molecular weight is 226 g/mol. The van der Waals surface area contributed by atoms with Crippen molar-refractivity contribution in [3.8, 4) is 0 Å². The number of carbonyl (C=O) groups is 1. The molecule has 1 saturated heterocycles. The van der Waals surface area contributed by atoms with Gasteiger partial charge in [0.15, 0.2) is 0 Å². The van der Waals surface area contributed by atoms with Crippen LogP contribution in [0.15, 0.2) is 11.1 Å². The van der Waals surface area contributed by atoms with Gasteiger partial charge in [-0.05, 0) is 33.3 Å². The Bertz CT molecular complexity index is 289. The molecule has 0 atom stereocenters. The third-order valence-electron chi connectivity index (χ3n) is 2.76. The van der Waals surface area contributed by atoms with Crippen LogP contribution in [0.2, 0.25) is 0 Å². The smallest absolute Gasteiger partial charge is 0.247 e. The van der Waals surface area contributed by atoms with E-state index in [1.54, 1.807) is 0 Å². The highest BCUT2D eigenvalue weighted by Crippen LogP contribution is 2.10. The minimum absolute atomic E-state index is 0.0179. The molecule has 4 nitrogen and oxygen atoms in total. The van der Waals surface area contributed by atoms with Gasteiger partial charge in [-0.1, -0.05) is 0 Å². The molecule has 1 fully saturated rings. The monoisotopic (exact) mass is 226 g/mol. The van der Waals surface area contributed by atoms with Crippen molar-refractivity contribution >= 4 is 5.91 Å². The van der Waals surface area contributed by atoms with Gasteiger partial charge in [-0.3, -0.25) is 4.79 Å². The zero-order chi connectivity index (χ0) is 12.2. The van der Waals surface area contributed by atoms with E-state index >= 15 is 0 Å². The maximum Gasteiger partial charge on any atom is 0.247 e. The molecule has 0 aliphatic carbocycles. The molecule has 4 heteroatoms. The summed E-state index contributed by atoms with van der Waals surface area (Å²) in [5, 5.41) is 6.03. The molecule has 16 heavy (non-hydrogen) atoms. The van der Waals surface area contributed by atoms with E-state index in [4.69, 9.17) is 4.74 Å². The summed E-state index contributed by atoms with van der Waals surface area (Å²) in [5.74, 6) is 0.0179. The predicted octanol–water partition coefficient (Wildman–Crippen LogP) is 0.837. The van der Waals surface area contributed by atoms with E-state index in [1.165, 1.54) is 5.57 Å². The fourth-order valence-electron chi connectivity index (χ4n) is 1.54. The van der Waals surface area contributed by atoms with Crippen LogP contribution in [0.3, 0.4) is 0 Å². The van der Waals surface area contributed by atoms with E-state index in [2.05, 4.69) is 10.6 Å². The van der Waals surface area contributed by atoms with Gasteiger partial charge in [0.25, 0.3) is 0 Å². The van der Waals surface area contributed by atoms with Crippen LogP contribution in [0.4, 0.5) is 0 Å². The number of hydrogen-bond acceptors (Lipinski definition) is 3. The van der Waals surface area contributed by atoms with Gasteiger partial charge in [0.05, 0.1) is 5.60 Å². The second kappa shape index (κ2) is 5.46. The molecule has 0 bridgehead atoms. The Labute approximate surface area is 97.4 Å². The van der Waals surface area contributed by atoms with Crippen molar-refractivity contribution in [1.29, 1.82) is 0 Å². The van der Waals surface area contributed by atoms with Crippen molar-refractivity contribution in [2.45, 2.75) is 33.3 Å². The van der Waals surface area contributed by atoms with Crippen molar-refractivity contribution in [2.75, 3.05) is 26.2 Å². The third kappa shape index (κ3) is 3.61. The van der Waals surface area contributed by atoms with Gasteiger partial charge in [0.1, 0.15) is 0 Å². The molecule has 1 amide bonds. The highest BCUT2D eigenvalue weighted by atomic mass is 16.5. The highest BCUT2D eigenvalue weighted by molar-refractivity contribution is 5.94. The van der Waals surface area contributed by atoms with E-state index in [9.17, 15) is 4.79 Å². The lowest BCUT2D eigenvalue weighted by atomic mass is 10.0. The molecule has 1 aliphatic heterocycles. The summed E-state index contributed by atoms with van der Waals surface area (Å²) >= 11 is 0. The molecule has 1 rings (SSSR count). The van der Waals surface area contributed by atoms with Crippen molar-refractivity contribution in [3.05, 3.63) is 11.1 Å². The largest absolute Gasteiger partial charge is 0.374 e. The lowest BCUT2D eigenvalue weighted by molar-refractivity contribution is -0.119. The predicted molar refractivity (Wildman–Crippen MR) is 64.3 cm³/mol. The molecule has 0 aromatic rings. The summed E-state index contributed by atoms with van der Waals surface area (Å²) in [6, 6.07) is 0. The quantitative estimate of drug-likeness (QED) is 0.683. The van der Waals surface area contributed by atoms with Gasteiger partial charge in [-0.15, -0.1) is 0 Å². The van der Waals surface area contributed by atoms with Gasteiger partial charge in [-0.2, -0.15) is 0 Å².